The second-order valence-electron chi connectivity index (χ2n) is 6.61. The van der Waals surface area contributed by atoms with Crippen LogP contribution in [-0.4, -0.2) is 34.1 Å². The lowest BCUT2D eigenvalue weighted by atomic mass is 10.2. The van der Waals surface area contributed by atoms with Crippen molar-refractivity contribution in [3.05, 3.63) is 64.6 Å². The molecule has 0 atom stereocenters. The smallest absolute Gasteiger partial charge is 0.329 e. The minimum absolute atomic E-state index is 0.0305. The molecule has 0 aliphatic carbocycles. The molecule has 0 fully saturated rings. The highest BCUT2D eigenvalue weighted by Crippen LogP contribution is 2.15. The first-order valence-corrected chi connectivity index (χ1v) is 9.10. The molecule has 1 amide bonds. The summed E-state index contributed by atoms with van der Waals surface area (Å²) in [6.45, 7) is 3.18. The number of ether oxygens (including phenoxy) is 1. The summed E-state index contributed by atoms with van der Waals surface area (Å²) in [6.07, 6.45) is 0.860. The number of carbonyl (C=O) groups excluding carboxylic acids is 1. The zero-order valence-electron chi connectivity index (χ0n) is 16.0. The fourth-order valence-corrected chi connectivity index (χ4v) is 3.21. The fraction of sp³-hybridized carbons (Fsp3) is 0.333. The number of imidazole rings is 1. The Kier molecular flexibility index (Phi) is 5.64. The van der Waals surface area contributed by atoms with E-state index in [1.807, 2.05) is 55.5 Å². The van der Waals surface area contributed by atoms with Crippen LogP contribution in [0.5, 0.6) is 5.75 Å². The van der Waals surface area contributed by atoms with Gasteiger partial charge in [0.1, 0.15) is 12.3 Å². The average molecular weight is 367 g/mol. The van der Waals surface area contributed by atoms with Gasteiger partial charge in [-0.1, -0.05) is 31.2 Å². The first kappa shape index (κ1) is 18.8. The lowest BCUT2D eigenvalue weighted by Gasteiger charge is -2.18. The van der Waals surface area contributed by atoms with Crippen molar-refractivity contribution in [1.29, 1.82) is 0 Å². The second-order valence-corrected chi connectivity index (χ2v) is 6.61. The molecule has 0 aliphatic heterocycles. The van der Waals surface area contributed by atoms with E-state index in [-0.39, 0.29) is 18.1 Å². The van der Waals surface area contributed by atoms with Gasteiger partial charge in [0.25, 0.3) is 0 Å². The number of likely N-dealkylation sites (N-methyl/N-ethyl adjacent to an activating group) is 1. The number of fused-ring (bicyclic) bond motifs is 1. The van der Waals surface area contributed by atoms with E-state index in [0.717, 1.165) is 28.8 Å². The van der Waals surface area contributed by atoms with Crippen LogP contribution in [-0.2, 0) is 24.4 Å². The van der Waals surface area contributed by atoms with E-state index >= 15 is 0 Å². The number of aromatic nitrogens is 2. The molecular formula is C21H25N3O3. The van der Waals surface area contributed by atoms with Crippen LogP contribution in [0.4, 0.5) is 0 Å². The minimum atomic E-state index is -0.135. The molecule has 6 heteroatoms. The number of amides is 1. The van der Waals surface area contributed by atoms with Crippen LogP contribution in [0.1, 0.15) is 18.9 Å². The summed E-state index contributed by atoms with van der Waals surface area (Å²) in [6, 6.07) is 15.2. The molecule has 0 aliphatic rings. The van der Waals surface area contributed by atoms with Crippen molar-refractivity contribution in [3.63, 3.8) is 0 Å². The van der Waals surface area contributed by atoms with Crippen LogP contribution in [0.25, 0.3) is 11.0 Å². The molecule has 1 aromatic heterocycles. The van der Waals surface area contributed by atoms with E-state index in [2.05, 4.69) is 0 Å². The molecule has 1 heterocycles. The zero-order chi connectivity index (χ0) is 19.4. The van der Waals surface area contributed by atoms with Crippen LogP contribution in [0.15, 0.2) is 53.3 Å². The summed E-state index contributed by atoms with van der Waals surface area (Å²) in [5.74, 6) is 0.676. The monoisotopic (exact) mass is 367 g/mol. The summed E-state index contributed by atoms with van der Waals surface area (Å²) in [4.78, 5) is 27.2. The molecule has 0 bridgehead atoms. The molecule has 6 nitrogen and oxygen atoms in total. The molecule has 0 radical (unpaired) electrons. The number of hydrogen-bond donors (Lipinski definition) is 0. The highest BCUT2D eigenvalue weighted by atomic mass is 16.5. The van der Waals surface area contributed by atoms with Crippen LogP contribution in [0.2, 0.25) is 0 Å². The number of rotatable bonds is 7. The van der Waals surface area contributed by atoms with Gasteiger partial charge >= 0.3 is 5.69 Å². The summed E-state index contributed by atoms with van der Waals surface area (Å²) in [7, 11) is 3.38. The van der Waals surface area contributed by atoms with E-state index in [1.165, 1.54) is 0 Å². The molecule has 0 saturated carbocycles. The quantitative estimate of drug-likeness (QED) is 0.645. The maximum Gasteiger partial charge on any atom is 0.329 e. The average Bonchev–Trinajstić information content (AvgIpc) is 2.95. The van der Waals surface area contributed by atoms with Gasteiger partial charge in [0.15, 0.2) is 0 Å². The molecule has 27 heavy (non-hydrogen) atoms. The topological polar surface area (TPSA) is 56.5 Å². The third-order valence-corrected chi connectivity index (χ3v) is 4.67. The number of hydrogen-bond acceptors (Lipinski definition) is 3. The number of methoxy groups -OCH3 is 1. The maximum atomic E-state index is 12.8. The Bertz CT molecular complexity index is 986. The van der Waals surface area contributed by atoms with Crippen molar-refractivity contribution in [2.75, 3.05) is 14.2 Å². The van der Waals surface area contributed by atoms with E-state index in [4.69, 9.17) is 4.74 Å². The third-order valence-electron chi connectivity index (χ3n) is 4.67. The lowest BCUT2D eigenvalue weighted by Crippen LogP contribution is -2.34. The van der Waals surface area contributed by atoms with Crippen molar-refractivity contribution in [1.82, 2.24) is 14.0 Å². The molecule has 142 valence electrons. The standard InChI is InChI=1S/C21H25N3O3/c1-4-13-23-18-7-5-6-8-19(18)24(21(23)26)15-20(25)22(2)14-16-9-11-17(27-3)12-10-16/h5-12H,4,13-15H2,1-3H3. The fourth-order valence-electron chi connectivity index (χ4n) is 3.21. The van der Waals surface area contributed by atoms with Crippen LogP contribution in [0, 0.1) is 0 Å². The van der Waals surface area contributed by atoms with E-state index < -0.39 is 0 Å². The van der Waals surface area contributed by atoms with E-state index in [0.29, 0.717) is 13.1 Å². The summed E-state index contributed by atoms with van der Waals surface area (Å²) >= 11 is 0. The molecular weight excluding hydrogens is 342 g/mol. The molecule has 0 saturated heterocycles. The van der Waals surface area contributed by atoms with Gasteiger partial charge in [0.05, 0.1) is 18.1 Å². The van der Waals surface area contributed by atoms with Crippen LogP contribution < -0.4 is 10.4 Å². The van der Waals surface area contributed by atoms with Crippen molar-refractivity contribution in [3.8, 4) is 5.75 Å². The van der Waals surface area contributed by atoms with Crippen molar-refractivity contribution in [2.24, 2.45) is 0 Å². The largest absolute Gasteiger partial charge is 0.497 e. The molecule has 0 unspecified atom stereocenters. The van der Waals surface area contributed by atoms with Gasteiger partial charge in [0, 0.05) is 20.1 Å². The third kappa shape index (κ3) is 3.89. The van der Waals surface area contributed by atoms with E-state index in [9.17, 15) is 9.59 Å². The van der Waals surface area contributed by atoms with Gasteiger partial charge in [-0.3, -0.25) is 13.9 Å². The number of carbonyl (C=O) groups is 1. The first-order chi connectivity index (χ1) is 13.0. The normalized spacial score (nSPS) is 10.9. The summed E-state index contributed by atoms with van der Waals surface area (Å²) < 4.78 is 8.47. The Labute approximate surface area is 158 Å². The molecule has 3 rings (SSSR count). The van der Waals surface area contributed by atoms with Crippen molar-refractivity contribution < 1.29 is 9.53 Å². The molecule has 0 spiro atoms. The number of nitrogens with zero attached hydrogens (tertiary/aromatic N) is 3. The predicted octanol–water partition coefficient (Wildman–Crippen LogP) is 2.88. The first-order valence-electron chi connectivity index (χ1n) is 9.10. The van der Waals surface area contributed by atoms with Crippen molar-refractivity contribution in [2.45, 2.75) is 33.0 Å². The summed E-state index contributed by atoms with van der Waals surface area (Å²) in [5.41, 5.74) is 2.54. The Morgan fingerprint density at radius 3 is 2.26 bits per heavy atom. The van der Waals surface area contributed by atoms with Crippen molar-refractivity contribution >= 4 is 16.9 Å². The Morgan fingerprint density at radius 1 is 1.04 bits per heavy atom. The van der Waals surface area contributed by atoms with Crippen LogP contribution >= 0.6 is 0 Å². The molecule has 0 N–H and O–H groups in total. The second kappa shape index (κ2) is 8.12. The Hall–Kier alpha value is -3.02. The van der Waals surface area contributed by atoms with Gasteiger partial charge in [-0.05, 0) is 36.2 Å². The number of para-hydroxylation sites is 2. The Morgan fingerprint density at radius 2 is 1.67 bits per heavy atom. The van der Waals surface area contributed by atoms with E-state index in [1.54, 1.807) is 28.2 Å². The number of aryl methyl sites for hydroxylation is 1. The van der Waals surface area contributed by atoms with Gasteiger partial charge in [0.2, 0.25) is 5.91 Å². The van der Waals surface area contributed by atoms with Gasteiger partial charge in [-0.25, -0.2) is 4.79 Å². The lowest BCUT2D eigenvalue weighted by molar-refractivity contribution is -0.131. The van der Waals surface area contributed by atoms with Gasteiger partial charge in [-0.15, -0.1) is 0 Å². The highest BCUT2D eigenvalue weighted by molar-refractivity contribution is 5.81. The predicted molar refractivity (Wildman–Crippen MR) is 106 cm³/mol. The minimum Gasteiger partial charge on any atom is -0.497 e. The maximum absolute atomic E-state index is 12.8. The molecule has 3 aromatic rings. The SMILES string of the molecule is CCCn1c(=O)n(CC(=O)N(C)Cc2ccc(OC)cc2)c2ccccc21. The van der Waals surface area contributed by atoms with Gasteiger partial charge in [-0.2, -0.15) is 0 Å². The molecule has 2 aromatic carbocycles. The Balaban J connectivity index is 1.80. The zero-order valence-corrected chi connectivity index (χ0v) is 16.0. The number of benzene rings is 2. The highest BCUT2D eigenvalue weighted by Gasteiger charge is 2.17. The van der Waals surface area contributed by atoms with Crippen LogP contribution in [0.3, 0.4) is 0 Å². The van der Waals surface area contributed by atoms with Gasteiger partial charge < -0.3 is 9.64 Å². The summed E-state index contributed by atoms with van der Waals surface area (Å²) in [5, 5.41) is 0.